The molecule has 6 nitrogen and oxygen atoms in total. The molecule has 0 amide bonds. The SMILES string of the molecule is O=c1cc(O)cc(-c2c(O)cc(O)cc2/C=C/c2ccc(O)cc2)o1. The molecule has 0 radical (unpaired) electrons. The molecule has 1 aromatic heterocycles. The maximum Gasteiger partial charge on any atom is 0.339 e. The molecule has 3 aromatic rings. The monoisotopic (exact) mass is 338 g/mol. The second-order valence-corrected chi connectivity index (χ2v) is 5.35. The van der Waals surface area contributed by atoms with Crippen molar-refractivity contribution in [3.63, 3.8) is 0 Å². The van der Waals surface area contributed by atoms with Gasteiger partial charge in [0.05, 0.1) is 11.6 Å². The summed E-state index contributed by atoms with van der Waals surface area (Å²) in [4.78, 5) is 11.5. The largest absolute Gasteiger partial charge is 0.508 e. The maximum atomic E-state index is 11.5. The van der Waals surface area contributed by atoms with E-state index in [1.165, 1.54) is 24.3 Å². The Morgan fingerprint density at radius 3 is 2.12 bits per heavy atom. The van der Waals surface area contributed by atoms with Crippen molar-refractivity contribution in [3.8, 4) is 34.3 Å². The van der Waals surface area contributed by atoms with E-state index in [1.54, 1.807) is 24.3 Å². The highest BCUT2D eigenvalue weighted by Crippen LogP contribution is 2.37. The Kier molecular flexibility index (Phi) is 4.18. The van der Waals surface area contributed by atoms with E-state index >= 15 is 0 Å². The number of aromatic hydroxyl groups is 4. The van der Waals surface area contributed by atoms with Gasteiger partial charge in [-0.25, -0.2) is 4.79 Å². The Morgan fingerprint density at radius 1 is 0.760 bits per heavy atom. The van der Waals surface area contributed by atoms with Crippen LogP contribution in [0.3, 0.4) is 0 Å². The van der Waals surface area contributed by atoms with Crippen LogP contribution in [0.5, 0.6) is 23.0 Å². The molecule has 0 aliphatic heterocycles. The number of hydrogen-bond donors (Lipinski definition) is 4. The maximum absolute atomic E-state index is 11.5. The van der Waals surface area contributed by atoms with Crippen molar-refractivity contribution in [2.45, 2.75) is 0 Å². The average molecular weight is 338 g/mol. The van der Waals surface area contributed by atoms with Gasteiger partial charge in [-0.2, -0.15) is 0 Å². The van der Waals surface area contributed by atoms with Crippen LogP contribution in [-0.2, 0) is 0 Å². The lowest BCUT2D eigenvalue weighted by molar-refractivity contribution is 0.442. The Morgan fingerprint density at radius 2 is 1.44 bits per heavy atom. The topological polar surface area (TPSA) is 111 Å². The fourth-order valence-corrected chi connectivity index (χ4v) is 2.39. The lowest BCUT2D eigenvalue weighted by atomic mass is 10.0. The second-order valence-electron chi connectivity index (χ2n) is 5.35. The van der Waals surface area contributed by atoms with Gasteiger partial charge in [-0.1, -0.05) is 24.3 Å². The molecular formula is C19H14O6. The van der Waals surface area contributed by atoms with Crippen LogP contribution >= 0.6 is 0 Å². The normalized spacial score (nSPS) is 11.0. The summed E-state index contributed by atoms with van der Waals surface area (Å²) in [5.41, 5.74) is 0.528. The molecule has 2 aromatic carbocycles. The summed E-state index contributed by atoms with van der Waals surface area (Å²) in [6, 6.07) is 11.0. The molecule has 0 atom stereocenters. The first-order valence-electron chi connectivity index (χ1n) is 7.30. The van der Waals surface area contributed by atoms with Crippen LogP contribution < -0.4 is 5.63 Å². The third kappa shape index (κ3) is 3.64. The summed E-state index contributed by atoms with van der Waals surface area (Å²) in [6.07, 6.45) is 3.29. The first-order chi connectivity index (χ1) is 11.9. The minimum Gasteiger partial charge on any atom is -0.508 e. The lowest BCUT2D eigenvalue weighted by Crippen LogP contribution is -1.97. The molecule has 6 heteroatoms. The van der Waals surface area contributed by atoms with Crippen molar-refractivity contribution in [1.29, 1.82) is 0 Å². The average Bonchev–Trinajstić information content (AvgIpc) is 2.52. The number of rotatable bonds is 3. The molecule has 0 fully saturated rings. The molecule has 0 unspecified atom stereocenters. The van der Waals surface area contributed by atoms with Crippen LogP contribution in [-0.4, -0.2) is 20.4 Å². The number of benzene rings is 2. The van der Waals surface area contributed by atoms with E-state index in [1.807, 2.05) is 0 Å². The summed E-state index contributed by atoms with van der Waals surface area (Å²) >= 11 is 0. The highest BCUT2D eigenvalue weighted by Gasteiger charge is 2.15. The zero-order valence-electron chi connectivity index (χ0n) is 12.9. The molecule has 1 heterocycles. The summed E-state index contributed by atoms with van der Waals surface area (Å²) in [7, 11) is 0. The fraction of sp³-hybridized carbons (Fsp3) is 0. The van der Waals surface area contributed by atoms with E-state index in [-0.39, 0.29) is 34.3 Å². The van der Waals surface area contributed by atoms with Crippen LogP contribution in [0.15, 0.2) is 57.7 Å². The van der Waals surface area contributed by atoms with Crippen LogP contribution in [0.1, 0.15) is 11.1 Å². The number of hydrogen-bond acceptors (Lipinski definition) is 6. The fourth-order valence-electron chi connectivity index (χ4n) is 2.39. The van der Waals surface area contributed by atoms with Crippen LogP contribution in [0.4, 0.5) is 0 Å². The Balaban J connectivity index is 2.12. The molecule has 0 aliphatic rings. The molecule has 0 bridgehead atoms. The van der Waals surface area contributed by atoms with Gasteiger partial charge in [0.15, 0.2) is 0 Å². The van der Waals surface area contributed by atoms with Gasteiger partial charge >= 0.3 is 5.63 Å². The molecule has 0 saturated heterocycles. The van der Waals surface area contributed by atoms with Crippen molar-refractivity contribution in [1.82, 2.24) is 0 Å². The minimum atomic E-state index is -0.768. The summed E-state index contributed by atoms with van der Waals surface area (Å²) < 4.78 is 5.05. The molecule has 4 N–H and O–H groups in total. The van der Waals surface area contributed by atoms with Crippen molar-refractivity contribution in [2.24, 2.45) is 0 Å². The molecule has 126 valence electrons. The molecular weight excluding hydrogens is 324 g/mol. The van der Waals surface area contributed by atoms with E-state index in [2.05, 4.69) is 0 Å². The van der Waals surface area contributed by atoms with Gasteiger partial charge in [-0.05, 0) is 29.3 Å². The quantitative estimate of drug-likeness (QED) is 0.545. The van der Waals surface area contributed by atoms with Gasteiger partial charge in [0.25, 0.3) is 0 Å². The van der Waals surface area contributed by atoms with Crippen LogP contribution in [0.25, 0.3) is 23.5 Å². The van der Waals surface area contributed by atoms with Crippen LogP contribution in [0, 0.1) is 0 Å². The highest BCUT2D eigenvalue weighted by atomic mass is 16.4. The van der Waals surface area contributed by atoms with Crippen molar-refractivity contribution in [3.05, 3.63) is 70.1 Å². The van der Waals surface area contributed by atoms with Gasteiger partial charge in [0.2, 0.25) is 0 Å². The zero-order valence-corrected chi connectivity index (χ0v) is 12.9. The predicted molar refractivity (Wildman–Crippen MR) is 92.4 cm³/mol. The van der Waals surface area contributed by atoms with Gasteiger partial charge in [0.1, 0.15) is 28.8 Å². The lowest BCUT2D eigenvalue weighted by Gasteiger charge is -2.09. The van der Waals surface area contributed by atoms with Crippen molar-refractivity contribution >= 4 is 12.2 Å². The van der Waals surface area contributed by atoms with E-state index in [0.29, 0.717) is 5.56 Å². The van der Waals surface area contributed by atoms with E-state index in [9.17, 15) is 25.2 Å². The molecule has 0 saturated carbocycles. The second kappa shape index (κ2) is 6.45. The minimum absolute atomic E-state index is 0.0344. The third-order valence-electron chi connectivity index (χ3n) is 3.48. The molecule has 25 heavy (non-hydrogen) atoms. The molecule has 0 aliphatic carbocycles. The van der Waals surface area contributed by atoms with Crippen molar-refractivity contribution < 1.29 is 24.8 Å². The van der Waals surface area contributed by atoms with Crippen molar-refractivity contribution in [2.75, 3.05) is 0 Å². The predicted octanol–water partition coefficient (Wildman–Crippen LogP) is 3.30. The Bertz CT molecular complexity index is 999. The number of phenols is 3. The van der Waals surface area contributed by atoms with Gasteiger partial charge in [-0.15, -0.1) is 0 Å². The first kappa shape index (κ1) is 16.2. The van der Waals surface area contributed by atoms with Crippen LogP contribution in [0.2, 0.25) is 0 Å². The number of phenolic OH excluding ortho intramolecular Hbond substituents is 3. The van der Waals surface area contributed by atoms with Gasteiger partial charge in [0, 0.05) is 12.1 Å². The van der Waals surface area contributed by atoms with E-state index in [4.69, 9.17) is 4.42 Å². The summed E-state index contributed by atoms with van der Waals surface area (Å²) in [5.74, 6) is -0.678. The zero-order chi connectivity index (χ0) is 18.0. The van der Waals surface area contributed by atoms with Gasteiger partial charge < -0.3 is 24.8 Å². The molecule has 3 rings (SSSR count). The van der Waals surface area contributed by atoms with E-state index in [0.717, 1.165) is 17.7 Å². The highest BCUT2D eigenvalue weighted by molar-refractivity contribution is 5.83. The third-order valence-corrected chi connectivity index (χ3v) is 3.48. The summed E-state index contributed by atoms with van der Waals surface area (Å²) in [5, 5.41) is 38.8. The Hall–Kier alpha value is -3.67. The van der Waals surface area contributed by atoms with E-state index < -0.39 is 5.63 Å². The summed E-state index contributed by atoms with van der Waals surface area (Å²) in [6.45, 7) is 0. The Labute approximate surface area is 142 Å². The van der Waals surface area contributed by atoms with Gasteiger partial charge in [-0.3, -0.25) is 0 Å². The molecule has 0 spiro atoms. The standard InChI is InChI=1S/C19H14O6/c20-13-5-2-11(3-6-13)1-4-12-7-14(21)8-16(23)19(12)17-9-15(22)10-18(24)25-17/h1-10,20-23H/b4-1+. The first-order valence-corrected chi connectivity index (χ1v) is 7.30. The smallest absolute Gasteiger partial charge is 0.339 e.